The van der Waals surface area contributed by atoms with Crippen molar-refractivity contribution in [1.29, 1.82) is 0 Å². The number of benzene rings is 1. The van der Waals surface area contributed by atoms with Crippen LogP contribution in [-0.2, 0) is 4.74 Å². The van der Waals surface area contributed by atoms with E-state index in [1.807, 2.05) is 6.92 Å². The zero-order valence-corrected chi connectivity index (χ0v) is 10.8. The normalized spacial score (nSPS) is 11.9. The van der Waals surface area contributed by atoms with E-state index in [-0.39, 0.29) is 11.1 Å². The van der Waals surface area contributed by atoms with Crippen LogP contribution >= 0.6 is 0 Å². The van der Waals surface area contributed by atoms with E-state index < -0.39 is 18.2 Å². The van der Waals surface area contributed by atoms with Crippen molar-refractivity contribution < 1.29 is 24.5 Å². The zero-order chi connectivity index (χ0) is 14.3. The second-order valence-corrected chi connectivity index (χ2v) is 4.22. The van der Waals surface area contributed by atoms with Gasteiger partial charge in [-0.1, -0.05) is 31.9 Å². The molecule has 0 spiro atoms. The fourth-order valence-electron chi connectivity index (χ4n) is 1.56. The van der Waals surface area contributed by atoms with Gasteiger partial charge >= 0.3 is 5.97 Å². The highest BCUT2D eigenvalue weighted by molar-refractivity contribution is 5.92. The van der Waals surface area contributed by atoms with E-state index in [4.69, 9.17) is 4.74 Å². The molecule has 1 atom stereocenters. The first-order valence-electron chi connectivity index (χ1n) is 6.25. The summed E-state index contributed by atoms with van der Waals surface area (Å²) in [6.45, 7) is 2.04. The Kier molecular flexibility index (Phi) is 6.02. The Morgan fingerprint density at radius 3 is 2.32 bits per heavy atom. The molecule has 1 aromatic rings. The summed E-state index contributed by atoms with van der Waals surface area (Å²) in [7, 11) is 0. The minimum absolute atomic E-state index is 0.0138. The maximum absolute atomic E-state index is 11.6. The van der Waals surface area contributed by atoms with Gasteiger partial charge in [-0.25, -0.2) is 4.79 Å². The summed E-state index contributed by atoms with van der Waals surface area (Å²) in [5.74, 6) is -1.98. The first-order chi connectivity index (χ1) is 9.04. The molecule has 1 rings (SSSR count). The fourth-order valence-corrected chi connectivity index (χ4v) is 1.56. The third kappa shape index (κ3) is 5.09. The maximum Gasteiger partial charge on any atom is 0.340 e. The van der Waals surface area contributed by atoms with E-state index in [1.165, 1.54) is 24.3 Å². The molecule has 0 saturated heterocycles. The van der Waals surface area contributed by atoms with Crippen molar-refractivity contribution in [2.45, 2.75) is 38.9 Å². The molecule has 1 unspecified atom stereocenters. The molecule has 0 saturated carbocycles. The number of carbonyl (C=O) groups is 2. The Hall–Kier alpha value is -1.88. The Morgan fingerprint density at radius 1 is 1.21 bits per heavy atom. The molecule has 5 nitrogen and oxygen atoms in total. The third-order valence-corrected chi connectivity index (χ3v) is 2.65. The Balaban J connectivity index is 2.51. The van der Waals surface area contributed by atoms with Gasteiger partial charge in [0.15, 0.2) is 0 Å². The zero-order valence-electron chi connectivity index (χ0n) is 10.8. The number of carboxylic acid groups (broad SMARTS) is 1. The van der Waals surface area contributed by atoms with Crippen LogP contribution in [0.3, 0.4) is 0 Å². The van der Waals surface area contributed by atoms with E-state index in [1.54, 1.807) is 0 Å². The molecule has 0 fully saturated rings. The fraction of sp³-hybridized carbons (Fsp3) is 0.429. The van der Waals surface area contributed by atoms with Gasteiger partial charge in [0.2, 0.25) is 6.29 Å². The van der Waals surface area contributed by atoms with Crippen molar-refractivity contribution in [2.24, 2.45) is 0 Å². The van der Waals surface area contributed by atoms with Crippen molar-refractivity contribution in [3.63, 3.8) is 0 Å². The Morgan fingerprint density at radius 2 is 1.79 bits per heavy atom. The van der Waals surface area contributed by atoms with E-state index in [2.05, 4.69) is 0 Å². The minimum Gasteiger partial charge on any atom is -0.545 e. The molecule has 0 aliphatic carbocycles. The highest BCUT2D eigenvalue weighted by Gasteiger charge is 2.12. The van der Waals surface area contributed by atoms with Gasteiger partial charge in [-0.2, -0.15) is 0 Å². The number of unbranched alkanes of at least 4 members (excludes halogenated alkanes) is 2. The van der Waals surface area contributed by atoms with Crippen molar-refractivity contribution in [3.05, 3.63) is 35.4 Å². The van der Waals surface area contributed by atoms with E-state index in [9.17, 15) is 19.8 Å². The van der Waals surface area contributed by atoms with Crippen molar-refractivity contribution >= 4 is 11.9 Å². The Bertz CT molecular complexity index is 424. The SMILES string of the molecule is CCCCCC(O)OC(=O)c1ccc(C(=O)[O-])cc1. The molecule has 0 aromatic heterocycles. The van der Waals surface area contributed by atoms with Crippen molar-refractivity contribution in [1.82, 2.24) is 0 Å². The van der Waals surface area contributed by atoms with Gasteiger partial charge in [-0.05, 0) is 24.1 Å². The van der Waals surface area contributed by atoms with Crippen LogP contribution in [0.2, 0.25) is 0 Å². The molecule has 0 amide bonds. The molecular formula is C14H17O5-. The summed E-state index contributed by atoms with van der Waals surface area (Å²) < 4.78 is 4.84. The van der Waals surface area contributed by atoms with E-state index in [0.717, 1.165) is 19.3 Å². The highest BCUT2D eigenvalue weighted by Crippen LogP contribution is 2.09. The van der Waals surface area contributed by atoms with Crippen molar-refractivity contribution in [3.8, 4) is 0 Å². The van der Waals surface area contributed by atoms with Crippen LogP contribution < -0.4 is 5.11 Å². The van der Waals surface area contributed by atoms with Crippen LogP contribution in [-0.4, -0.2) is 23.3 Å². The van der Waals surface area contributed by atoms with Gasteiger partial charge in [0.1, 0.15) is 0 Å². The summed E-state index contributed by atoms with van der Waals surface area (Å²) in [5, 5.41) is 20.0. The van der Waals surface area contributed by atoms with Gasteiger partial charge < -0.3 is 19.7 Å². The standard InChI is InChI=1S/C14H18O5/c1-2-3-4-5-12(15)19-14(18)11-8-6-10(7-9-11)13(16)17/h6-9,12,15H,2-5H2,1H3,(H,16,17)/p-1. The number of aliphatic hydroxyl groups excluding tert-OH is 1. The Labute approximate surface area is 111 Å². The number of carbonyl (C=O) groups excluding carboxylic acids is 2. The first kappa shape index (κ1) is 15.2. The van der Waals surface area contributed by atoms with Crippen LogP contribution in [0.15, 0.2) is 24.3 Å². The van der Waals surface area contributed by atoms with E-state index in [0.29, 0.717) is 6.42 Å². The van der Waals surface area contributed by atoms with Gasteiger partial charge in [-0.3, -0.25) is 0 Å². The van der Waals surface area contributed by atoms with Crippen LogP contribution in [0.4, 0.5) is 0 Å². The number of ether oxygens (including phenoxy) is 1. The number of aliphatic hydroxyl groups is 1. The molecule has 0 bridgehead atoms. The van der Waals surface area contributed by atoms with Gasteiger partial charge in [-0.15, -0.1) is 0 Å². The number of esters is 1. The first-order valence-corrected chi connectivity index (χ1v) is 6.25. The summed E-state index contributed by atoms with van der Waals surface area (Å²) in [6, 6.07) is 5.17. The summed E-state index contributed by atoms with van der Waals surface area (Å²) in [6.07, 6.45) is 2.05. The lowest BCUT2D eigenvalue weighted by atomic mass is 10.1. The maximum atomic E-state index is 11.6. The van der Waals surface area contributed by atoms with Gasteiger partial charge in [0, 0.05) is 6.42 Å². The van der Waals surface area contributed by atoms with Crippen LogP contribution in [0, 0.1) is 0 Å². The number of hydrogen-bond donors (Lipinski definition) is 1. The lowest BCUT2D eigenvalue weighted by Crippen LogP contribution is -2.22. The second kappa shape index (κ2) is 7.53. The molecule has 0 radical (unpaired) electrons. The molecule has 5 heteroatoms. The van der Waals surface area contributed by atoms with E-state index >= 15 is 0 Å². The molecule has 0 heterocycles. The number of rotatable bonds is 7. The molecule has 1 aromatic carbocycles. The van der Waals surface area contributed by atoms with Crippen LogP contribution in [0.25, 0.3) is 0 Å². The molecule has 0 aliphatic rings. The quantitative estimate of drug-likeness (QED) is 0.453. The minimum atomic E-state index is -1.31. The predicted octanol–water partition coefficient (Wildman–Crippen LogP) is 1.11. The number of hydrogen-bond acceptors (Lipinski definition) is 5. The lowest BCUT2D eigenvalue weighted by molar-refractivity contribution is -0.255. The average Bonchev–Trinajstić information content (AvgIpc) is 2.39. The summed E-state index contributed by atoms with van der Waals surface area (Å²) in [5.41, 5.74) is 0.180. The molecule has 0 aliphatic heterocycles. The monoisotopic (exact) mass is 265 g/mol. The third-order valence-electron chi connectivity index (χ3n) is 2.65. The predicted molar refractivity (Wildman–Crippen MR) is 66.3 cm³/mol. The van der Waals surface area contributed by atoms with Crippen LogP contribution in [0.1, 0.15) is 53.3 Å². The summed E-state index contributed by atoms with van der Waals surface area (Å²) in [4.78, 5) is 22.2. The largest absolute Gasteiger partial charge is 0.545 e. The molecule has 104 valence electrons. The van der Waals surface area contributed by atoms with Crippen molar-refractivity contribution in [2.75, 3.05) is 0 Å². The number of carboxylic acids is 1. The average molecular weight is 265 g/mol. The lowest BCUT2D eigenvalue weighted by Gasteiger charge is -2.12. The number of aromatic carboxylic acids is 1. The molecule has 19 heavy (non-hydrogen) atoms. The topological polar surface area (TPSA) is 86.7 Å². The van der Waals surface area contributed by atoms with Gasteiger partial charge in [0.05, 0.1) is 11.5 Å². The smallest absolute Gasteiger partial charge is 0.340 e. The van der Waals surface area contributed by atoms with Gasteiger partial charge in [0.25, 0.3) is 0 Å². The highest BCUT2D eigenvalue weighted by atomic mass is 16.6. The molecule has 1 N–H and O–H groups in total. The molecular weight excluding hydrogens is 248 g/mol. The van der Waals surface area contributed by atoms with Crippen LogP contribution in [0.5, 0.6) is 0 Å². The summed E-state index contributed by atoms with van der Waals surface area (Å²) >= 11 is 0. The second-order valence-electron chi connectivity index (χ2n) is 4.22.